The van der Waals surface area contributed by atoms with Crippen LogP contribution >= 0.6 is 12.0 Å². The molecule has 0 saturated carbocycles. The van der Waals surface area contributed by atoms with Crippen LogP contribution in [0.5, 0.6) is 0 Å². The monoisotopic (exact) mass is 131 g/mol. The molecule has 0 fully saturated rings. The summed E-state index contributed by atoms with van der Waals surface area (Å²) in [5.41, 5.74) is 0. The van der Waals surface area contributed by atoms with Gasteiger partial charge in [-0.05, 0) is 0 Å². The molecular weight excluding hydrogens is 128 g/mol. The van der Waals surface area contributed by atoms with Gasteiger partial charge in [-0.15, -0.1) is 0 Å². The molecule has 1 aromatic heterocycles. The van der Waals surface area contributed by atoms with E-state index in [-0.39, 0.29) is 0 Å². The molecule has 1 aromatic rings. The van der Waals surface area contributed by atoms with Gasteiger partial charge in [0.1, 0.15) is 0 Å². The summed E-state index contributed by atoms with van der Waals surface area (Å²) in [6.45, 7) is 0. The highest BCUT2D eigenvalue weighted by atomic mass is 32.2. The molecular formula is C3H3N2O2S-. The van der Waals surface area contributed by atoms with Crippen LogP contribution in [0, 0.1) is 0 Å². The Morgan fingerprint density at radius 3 is 3.25 bits per heavy atom. The largest absolute Gasteiger partial charge is 0.710 e. The molecule has 0 aliphatic carbocycles. The third kappa shape index (κ3) is 1.22. The Bertz CT molecular complexity index is 141. The minimum atomic E-state index is 0.681. The second-order valence-electron chi connectivity index (χ2n) is 1.09. The SMILES string of the molecule is [O-]OSc1cn[nH]c1. The van der Waals surface area contributed by atoms with Crippen molar-refractivity contribution in [3.8, 4) is 0 Å². The molecule has 5 heteroatoms. The molecule has 0 aliphatic heterocycles. The molecule has 8 heavy (non-hydrogen) atoms. The maximum Gasteiger partial charge on any atom is 0.0723 e. The van der Waals surface area contributed by atoms with Crippen molar-refractivity contribution in [2.24, 2.45) is 0 Å². The predicted molar refractivity (Wildman–Crippen MR) is 25.5 cm³/mol. The standard InChI is InChI=1S/C3H4N2O2S/c6-7-8-3-1-4-5-2-3/h1-2,6H,(H,4,5)/p-1. The van der Waals surface area contributed by atoms with E-state index in [0.717, 1.165) is 12.0 Å². The van der Waals surface area contributed by atoms with Crippen molar-refractivity contribution in [1.29, 1.82) is 0 Å². The van der Waals surface area contributed by atoms with Crippen LogP contribution in [0.25, 0.3) is 0 Å². The summed E-state index contributed by atoms with van der Waals surface area (Å²) in [6, 6.07) is 0. The van der Waals surface area contributed by atoms with Crippen molar-refractivity contribution in [3.63, 3.8) is 0 Å². The predicted octanol–water partition coefficient (Wildman–Crippen LogP) is -0.291. The zero-order valence-electron chi connectivity index (χ0n) is 3.83. The van der Waals surface area contributed by atoms with Gasteiger partial charge in [-0.3, -0.25) is 5.10 Å². The maximum atomic E-state index is 9.42. The number of hydrogen-bond acceptors (Lipinski definition) is 4. The van der Waals surface area contributed by atoms with Crippen LogP contribution < -0.4 is 5.26 Å². The van der Waals surface area contributed by atoms with Gasteiger partial charge in [0.2, 0.25) is 0 Å². The highest BCUT2D eigenvalue weighted by Gasteiger charge is 1.87. The van der Waals surface area contributed by atoms with E-state index in [1.807, 2.05) is 0 Å². The Hall–Kier alpha value is -0.520. The number of H-pyrrole nitrogens is 1. The van der Waals surface area contributed by atoms with Gasteiger partial charge in [0.05, 0.1) is 11.1 Å². The molecule has 0 aromatic carbocycles. The van der Waals surface area contributed by atoms with Crippen molar-refractivity contribution in [2.75, 3.05) is 0 Å². The van der Waals surface area contributed by atoms with Crippen LogP contribution in [0.1, 0.15) is 0 Å². The van der Waals surface area contributed by atoms with E-state index in [2.05, 4.69) is 14.5 Å². The quantitative estimate of drug-likeness (QED) is 0.340. The Morgan fingerprint density at radius 2 is 2.75 bits per heavy atom. The lowest BCUT2D eigenvalue weighted by Gasteiger charge is -1.98. The topological polar surface area (TPSA) is 61.0 Å². The Morgan fingerprint density at radius 1 is 1.88 bits per heavy atom. The van der Waals surface area contributed by atoms with Crippen LogP contribution in [0.3, 0.4) is 0 Å². The molecule has 0 radical (unpaired) electrons. The van der Waals surface area contributed by atoms with Crippen LogP contribution in [0.2, 0.25) is 0 Å². The first-order valence-electron chi connectivity index (χ1n) is 1.89. The van der Waals surface area contributed by atoms with Crippen LogP contribution in [-0.4, -0.2) is 10.2 Å². The zero-order chi connectivity index (χ0) is 5.82. The number of nitrogens with one attached hydrogen (secondary N) is 1. The third-order valence-electron chi connectivity index (χ3n) is 0.603. The van der Waals surface area contributed by atoms with E-state index < -0.39 is 0 Å². The van der Waals surface area contributed by atoms with Crippen molar-refractivity contribution < 1.29 is 9.59 Å². The molecule has 0 aliphatic rings. The first kappa shape index (κ1) is 5.61. The third-order valence-corrected chi connectivity index (χ3v) is 1.09. The van der Waals surface area contributed by atoms with Crippen molar-refractivity contribution in [1.82, 2.24) is 10.2 Å². The maximum absolute atomic E-state index is 9.42. The molecule has 0 amide bonds. The van der Waals surface area contributed by atoms with Gasteiger partial charge < -0.3 is 9.59 Å². The normalized spacial score (nSPS) is 9.62. The summed E-state index contributed by atoms with van der Waals surface area (Å²) in [5, 5.41) is 15.5. The van der Waals surface area contributed by atoms with Crippen LogP contribution in [-0.2, 0) is 4.33 Å². The zero-order valence-corrected chi connectivity index (χ0v) is 4.64. The minimum Gasteiger partial charge on any atom is -0.710 e. The smallest absolute Gasteiger partial charge is 0.0723 e. The summed E-state index contributed by atoms with van der Waals surface area (Å²) in [6.07, 6.45) is 3.07. The molecule has 0 atom stereocenters. The number of aromatic amines is 1. The molecule has 44 valence electrons. The van der Waals surface area contributed by atoms with Gasteiger partial charge in [-0.25, -0.2) is 0 Å². The summed E-state index contributed by atoms with van der Waals surface area (Å²) in [4.78, 5) is 0.681. The van der Waals surface area contributed by atoms with Gasteiger partial charge in [0.15, 0.2) is 0 Å². The number of rotatable bonds is 2. The average Bonchev–Trinajstić information content (AvgIpc) is 2.19. The van der Waals surface area contributed by atoms with E-state index in [9.17, 15) is 5.26 Å². The highest BCUT2D eigenvalue weighted by molar-refractivity contribution is 7.94. The van der Waals surface area contributed by atoms with Gasteiger partial charge in [-0.1, -0.05) is 0 Å². The first-order chi connectivity index (χ1) is 3.93. The van der Waals surface area contributed by atoms with Gasteiger partial charge in [0, 0.05) is 18.2 Å². The Labute approximate surface area is 50.0 Å². The van der Waals surface area contributed by atoms with Crippen LogP contribution in [0.15, 0.2) is 17.3 Å². The fourth-order valence-electron chi connectivity index (χ4n) is 0.324. The molecule has 4 nitrogen and oxygen atoms in total. The summed E-state index contributed by atoms with van der Waals surface area (Å²) in [5.74, 6) is 0. The first-order valence-corrected chi connectivity index (χ1v) is 2.63. The van der Waals surface area contributed by atoms with Gasteiger partial charge in [0.25, 0.3) is 0 Å². The number of aromatic nitrogens is 2. The second kappa shape index (κ2) is 2.71. The van der Waals surface area contributed by atoms with Crippen molar-refractivity contribution in [2.45, 2.75) is 4.90 Å². The lowest BCUT2D eigenvalue weighted by atomic mass is 10.7. The van der Waals surface area contributed by atoms with Gasteiger partial charge >= 0.3 is 0 Å². The summed E-state index contributed by atoms with van der Waals surface area (Å²) < 4.78 is 3.49. The summed E-state index contributed by atoms with van der Waals surface area (Å²) >= 11 is 0.733. The number of hydrogen-bond donors (Lipinski definition) is 1. The molecule has 1 rings (SSSR count). The van der Waals surface area contributed by atoms with E-state index >= 15 is 0 Å². The van der Waals surface area contributed by atoms with Gasteiger partial charge in [-0.2, -0.15) is 5.10 Å². The average molecular weight is 131 g/mol. The summed E-state index contributed by atoms with van der Waals surface area (Å²) in [7, 11) is 0. The molecule has 0 unspecified atom stereocenters. The Balaban J connectivity index is 2.50. The van der Waals surface area contributed by atoms with Crippen LogP contribution in [0.4, 0.5) is 0 Å². The van der Waals surface area contributed by atoms with E-state index in [0.29, 0.717) is 4.90 Å². The van der Waals surface area contributed by atoms with E-state index in [1.165, 1.54) is 6.20 Å². The highest BCUT2D eigenvalue weighted by Crippen LogP contribution is 2.12. The molecule has 0 saturated heterocycles. The van der Waals surface area contributed by atoms with Crippen molar-refractivity contribution >= 4 is 12.0 Å². The molecule has 1 heterocycles. The van der Waals surface area contributed by atoms with E-state index in [1.54, 1.807) is 6.20 Å². The lowest BCUT2D eigenvalue weighted by Crippen LogP contribution is -1.94. The van der Waals surface area contributed by atoms with Crippen molar-refractivity contribution in [3.05, 3.63) is 12.4 Å². The Kier molecular flexibility index (Phi) is 1.90. The minimum absolute atomic E-state index is 0.681. The van der Waals surface area contributed by atoms with E-state index in [4.69, 9.17) is 0 Å². The molecule has 1 N–H and O–H groups in total. The fourth-order valence-corrected chi connectivity index (χ4v) is 0.599. The fraction of sp³-hybridized carbons (Fsp3) is 0. The molecule has 0 bridgehead atoms. The lowest BCUT2D eigenvalue weighted by molar-refractivity contribution is -0.630. The second-order valence-corrected chi connectivity index (χ2v) is 1.86. The number of nitrogens with zero attached hydrogens (tertiary/aromatic N) is 1. The molecule has 0 spiro atoms.